The molecule has 0 saturated heterocycles. The zero-order chi connectivity index (χ0) is 15.7. The molecule has 0 aliphatic carbocycles. The Kier molecular flexibility index (Phi) is 3.63. The van der Waals surface area contributed by atoms with Gasteiger partial charge in [-0.15, -0.1) is 0 Å². The molecule has 0 N–H and O–H groups in total. The Labute approximate surface area is 129 Å². The summed E-state index contributed by atoms with van der Waals surface area (Å²) in [6.07, 6.45) is 2.05. The molecule has 0 aliphatic rings. The number of fused-ring (bicyclic) bond motifs is 1. The number of hydrogen-bond donors (Lipinski definition) is 0. The quantitative estimate of drug-likeness (QED) is 0.548. The number of carbonyl (C=O) groups excluding carboxylic acids is 1. The van der Waals surface area contributed by atoms with Crippen LogP contribution >= 0.6 is 0 Å². The van der Waals surface area contributed by atoms with Gasteiger partial charge in [-0.25, -0.2) is 4.57 Å². The average Bonchev–Trinajstić information content (AvgIpc) is 2.55. The smallest absolute Gasteiger partial charge is 0.199 e. The molecule has 110 valence electrons. The van der Waals surface area contributed by atoms with Crippen LogP contribution < -0.4 is 9.30 Å². The van der Waals surface area contributed by atoms with E-state index in [0.717, 1.165) is 27.8 Å². The lowest BCUT2D eigenvalue weighted by Crippen LogP contribution is -2.33. The van der Waals surface area contributed by atoms with Gasteiger partial charge in [-0.2, -0.15) is 0 Å². The topological polar surface area (TPSA) is 30.2 Å². The number of aryl methyl sites for hydroxylation is 1. The van der Waals surface area contributed by atoms with Gasteiger partial charge in [-0.05, 0) is 30.3 Å². The first-order chi connectivity index (χ1) is 10.6. The largest absolute Gasteiger partial charge is 0.497 e. The van der Waals surface area contributed by atoms with Crippen molar-refractivity contribution in [3.8, 4) is 5.75 Å². The summed E-state index contributed by atoms with van der Waals surface area (Å²) in [7, 11) is 3.58. The normalized spacial score (nSPS) is 10.7. The molecule has 22 heavy (non-hydrogen) atoms. The highest BCUT2D eigenvalue weighted by Gasteiger charge is 2.21. The Bertz CT molecular complexity index is 851. The number of benzene rings is 2. The zero-order valence-corrected chi connectivity index (χ0v) is 13.0. The van der Waals surface area contributed by atoms with Crippen molar-refractivity contribution in [1.29, 1.82) is 0 Å². The van der Waals surface area contributed by atoms with Crippen LogP contribution in [0.15, 0.2) is 54.7 Å². The van der Waals surface area contributed by atoms with Crippen molar-refractivity contribution in [2.75, 3.05) is 7.11 Å². The fraction of sp³-hybridized carbons (Fsp3) is 0.158. The number of ketones is 1. The third kappa shape index (κ3) is 2.35. The van der Waals surface area contributed by atoms with Crippen molar-refractivity contribution in [1.82, 2.24) is 0 Å². The van der Waals surface area contributed by atoms with Crippen LogP contribution in [-0.2, 0) is 7.05 Å². The Morgan fingerprint density at radius 3 is 2.41 bits per heavy atom. The van der Waals surface area contributed by atoms with Crippen molar-refractivity contribution in [2.45, 2.75) is 6.92 Å². The first-order valence-corrected chi connectivity index (χ1v) is 7.18. The summed E-state index contributed by atoms with van der Waals surface area (Å²) >= 11 is 0. The fourth-order valence-electron chi connectivity index (χ4n) is 2.69. The van der Waals surface area contributed by atoms with E-state index in [2.05, 4.69) is 6.20 Å². The average molecular weight is 292 g/mol. The lowest BCUT2D eigenvalue weighted by atomic mass is 9.96. The maximum Gasteiger partial charge on any atom is 0.199 e. The Morgan fingerprint density at radius 1 is 1.05 bits per heavy atom. The fourth-order valence-corrected chi connectivity index (χ4v) is 2.69. The van der Waals surface area contributed by atoms with E-state index in [1.807, 2.05) is 67.1 Å². The van der Waals surface area contributed by atoms with E-state index in [9.17, 15) is 4.79 Å². The van der Waals surface area contributed by atoms with Crippen molar-refractivity contribution < 1.29 is 14.1 Å². The van der Waals surface area contributed by atoms with E-state index in [0.29, 0.717) is 5.56 Å². The van der Waals surface area contributed by atoms with Crippen molar-refractivity contribution >= 4 is 16.6 Å². The van der Waals surface area contributed by atoms with Crippen LogP contribution in [0.2, 0.25) is 0 Å². The van der Waals surface area contributed by atoms with Gasteiger partial charge in [0.2, 0.25) is 0 Å². The monoisotopic (exact) mass is 292 g/mol. The first-order valence-electron chi connectivity index (χ1n) is 7.18. The van der Waals surface area contributed by atoms with Gasteiger partial charge in [0.05, 0.1) is 12.7 Å². The Hall–Kier alpha value is -2.68. The van der Waals surface area contributed by atoms with Crippen LogP contribution in [0.1, 0.15) is 21.6 Å². The highest BCUT2D eigenvalue weighted by Crippen LogP contribution is 2.23. The summed E-state index contributed by atoms with van der Waals surface area (Å²) in [5.74, 6) is 0.782. The third-order valence-electron chi connectivity index (χ3n) is 4.03. The van der Waals surface area contributed by atoms with Crippen molar-refractivity contribution in [3.05, 3.63) is 71.5 Å². The minimum Gasteiger partial charge on any atom is -0.497 e. The lowest BCUT2D eigenvalue weighted by Gasteiger charge is -2.08. The molecule has 2 aromatic carbocycles. The zero-order valence-electron chi connectivity index (χ0n) is 13.0. The molecular formula is C19H18NO2+. The number of methoxy groups -OCH3 is 1. The van der Waals surface area contributed by atoms with Gasteiger partial charge in [0.25, 0.3) is 0 Å². The number of carbonyl (C=O) groups is 1. The number of pyridine rings is 1. The van der Waals surface area contributed by atoms with E-state index in [4.69, 9.17) is 4.74 Å². The molecule has 3 nitrogen and oxygen atoms in total. The first kappa shape index (κ1) is 14.3. The van der Waals surface area contributed by atoms with Crippen LogP contribution in [0.5, 0.6) is 5.75 Å². The van der Waals surface area contributed by atoms with E-state index in [1.165, 1.54) is 0 Å². The molecule has 0 saturated carbocycles. The van der Waals surface area contributed by atoms with Gasteiger partial charge in [0.1, 0.15) is 12.8 Å². The number of rotatable bonds is 3. The summed E-state index contributed by atoms with van der Waals surface area (Å²) in [5.41, 5.74) is 2.38. The molecule has 3 aromatic rings. The molecule has 3 rings (SSSR count). The maximum absolute atomic E-state index is 13.0. The number of hydrogen-bond acceptors (Lipinski definition) is 2. The lowest BCUT2D eigenvalue weighted by molar-refractivity contribution is -0.676. The second kappa shape index (κ2) is 5.60. The second-order valence-electron chi connectivity index (χ2n) is 5.35. The van der Waals surface area contributed by atoms with Crippen molar-refractivity contribution in [2.24, 2.45) is 7.05 Å². The number of ether oxygens (including phenoxy) is 1. The van der Waals surface area contributed by atoms with Gasteiger partial charge in [0, 0.05) is 23.3 Å². The van der Waals surface area contributed by atoms with Crippen LogP contribution in [-0.4, -0.2) is 12.9 Å². The van der Waals surface area contributed by atoms with Gasteiger partial charge in [0.15, 0.2) is 17.7 Å². The summed E-state index contributed by atoms with van der Waals surface area (Å²) in [4.78, 5) is 13.0. The molecule has 0 bridgehead atoms. The van der Waals surface area contributed by atoms with E-state index < -0.39 is 0 Å². The SMILES string of the molecule is COc1ccc(C(=O)c2c(C)[n+](C)cc3ccccc23)cc1. The minimum absolute atomic E-state index is 0.0348. The summed E-state index contributed by atoms with van der Waals surface area (Å²) in [6.45, 7) is 1.98. The van der Waals surface area contributed by atoms with Gasteiger partial charge >= 0.3 is 0 Å². The predicted octanol–water partition coefficient (Wildman–Crippen LogP) is 3.21. The maximum atomic E-state index is 13.0. The van der Waals surface area contributed by atoms with Crippen LogP contribution in [0.25, 0.3) is 10.8 Å². The molecule has 3 heteroatoms. The molecule has 1 heterocycles. The van der Waals surface area contributed by atoms with Gasteiger partial charge in [-0.1, -0.05) is 18.2 Å². The second-order valence-corrected chi connectivity index (χ2v) is 5.35. The molecule has 0 atom stereocenters. The van der Waals surface area contributed by atoms with Crippen molar-refractivity contribution in [3.63, 3.8) is 0 Å². The molecule has 1 aromatic heterocycles. The molecule has 0 spiro atoms. The molecular weight excluding hydrogens is 274 g/mol. The van der Waals surface area contributed by atoms with Gasteiger partial charge in [-0.3, -0.25) is 4.79 Å². The third-order valence-corrected chi connectivity index (χ3v) is 4.03. The van der Waals surface area contributed by atoms with E-state index in [1.54, 1.807) is 7.11 Å². The molecule has 0 aliphatic heterocycles. The highest BCUT2D eigenvalue weighted by atomic mass is 16.5. The van der Waals surface area contributed by atoms with E-state index >= 15 is 0 Å². The molecule has 0 unspecified atom stereocenters. The number of aromatic nitrogens is 1. The highest BCUT2D eigenvalue weighted by molar-refractivity contribution is 6.16. The van der Waals surface area contributed by atoms with Crippen LogP contribution in [0.3, 0.4) is 0 Å². The minimum atomic E-state index is 0.0348. The van der Waals surface area contributed by atoms with Crippen LogP contribution in [0.4, 0.5) is 0 Å². The molecule has 0 amide bonds. The van der Waals surface area contributed by atoms with Crippen LogP contribution in [0, 0.1) is 6.92 Å². The summed E-state index contributed by atoms with van der Waals surface area (Å²) < 4.78 is 7.15. The standard InChI is InChI=1S/C19H18NO2/c1-13-18(17-7-5-4-6-15(17)12-20(13)2)19(21)14-8-10-16(22-3)11-9-14/h4-12H,1-3H3/q+1. The molecule has 0 fully saturated rings. The predicted molar refractivity (Wildman–Crippen MR) is 86.3 cm³/mol. The Morgan fingerprint density at radius 2 is 1.73 bits per heavy atom. The molecule has 0 radical (unpaired) electrons. The summed E-state index contributed by atoms with van der Waals surface area (Å²) in [5, 5.41) is 2.05. The Balaban J connectivity index is 2.19. The van der Waals surface area contributed by atoms with E-state index in [-0.39, 0.29) is 5.78 Å². The number of nitrogens with zero attached hydrogens (tertiary/aromatic N) is 1. The summed E-state index contributed by atoms with van der Waals surface area (Å²) in [6, 6.07) is 15.2. The van der Waals surface area contributed by atoms with Gasteiger partial charge < -0.3 is 4.74 Å².